The number of rotatable bonds is 6. The molecule has 0 aliphatic rings. The average Bonchev–Trinajstić information content (AvgIpc) is 2.92. The number of aryl methyl sites for hydroxylation is 1. The quantitative estimate of drug-likeness (QED) is 0.820. The van der Waals surface area contributed by atoms with Crippen molar-refractivity contribution in [3.63, 3.8) is 0 Å². The van der Waals surface area contributed by atoms with Crippen LogP contribution in [0, 0.1) is 6.92 Å². The zero-order chi connectivity index (χ0) is 14.6. The van der Waals surface area contributed by atoms with Crippen LogP contribution in [0.25, 0.3) is 0 Å². The van der Waals surface area contributed by atoms with Crippen molar-refractivity contribution in [2.24, 2.45) is 0 Å². The predicted octanol–water partition coefficient (Wildman–Crippen LogP) is 0.662. The third kappa shape index (κ3) is 3.44. The van der Waals surface area contributed by atoms with Crippen LogP contribution in [0.4, 0.5) is 0 Å². The summed E-state index contributed by atoms with van der Waals surface area (Å²) in [4.78, 5) is 4.09. The van der Waals surface area contributed by atoms with E-state index in [4.69, 9.17) is 5.11 Å². The predicted molar refractivity (Wildman–Crippen MR) is 74.5 cm³/mol. The second-order valence-electron chi connectivity index (χ2n) is 4.46. The van der Waals surface area contributed by atoms with E-state index in [1.54, 1.807) is 42.3 Å². The van der Waals surface area contributed by atoms with Gasteiger partial charge in [-0.3, -0.25) is 0 Å². The minimum absolute atomic E-state index is 0.183. The fraction of sp³-hybridized carbons (Fsp3) is 0.308. The van der Waals surface area contributed by atoms with Crippen molar-refractivity contribution < 1.29 is 13.5 Å². The number of nitrogens with zero attached hydrogens (tertiary/aromatic N) is 2. The van der Waals surface area contributed by atoms with Crippen LogP contribution in [0.3, 0.4) is 0 Å². The lowest BCUT2D eigenvalue weighted by Crippen LogP contribution is -2.27. The lowest BCUT2D eigenvalue weighted by molar-refractivity contribution is 0.281. The van der Waals surface area contributed by atoms with Crippen molar-refractivity contribution in [3.05, 3.63) is 48.0 Å². The number of hydrogen-bond donors (Lipinski definition) is 2. The molecule has 7 heteroatoms. The van der Waals surface area contributed by atoms with Crippen molar-refractivity contribution in [2.45, 2.75) is 25.0 Å². The Labute approximate surface area is 118 Å². The van der Waals surface area contributed by atoms with Crippen LogP contribution in [0.5, 0.6) is 0 Å². The average molecular weight is 295 g/mol. The number of imidazole rings is 1. The van der Waals surface area contributed by atoms with Crippen molar-refractivity contribution in [3.8, 4) is 0 Å². The number of sulfonamides is 1. The van der Waals surface area contributed by atoms with Crippen LogP contribution >= 0.6 is 0 Å². The summed E-state index contributed by atoms with van der Waals surface area (Å²) in [5.41, 5.74) is 1.22. The molecule has 0 unspecified atom stereocenters. The number of nitrogens with one attached hydrogen (secondary N) is 1. The van der Waals surface area contributed by atoms with Crippen molar-refractivity contribution in [1.29, 1.82) is 0 Å². The first-order chi connectivity index (χ1) is 9.53. The maximum Gasteiger partial charge on any atom is 0.240 e. The van der Waals surface area contributed by atoms with Gasteiger partial charge in [-0.05, 0) is 24.1 Å². The third-order valence-electron chi connectivity index (χ3n) is 2.95. The molecule has 1 aromatic heterocycles. The van der Waals surface area contributed by atoms with Gasteiger partial charge in [0, 0.05) is 25.5 Å². The third-order valence-corrected chi connectivity index (χ3v) is 4.55. The van der Waals surface area contributed by atoms with Crippen LogP contribution < -0.4 is 4.72 Å². The Morgan fingerprint density at radius 1 is 1.40 bits per heavy atom. The van der Waals surface area contributed by atoms with Gasteiger partial charge in [-0.15, -0.1) is 0 Å². The molecular formula is C13H17N3O3S. The molecule has 1 aromatic carbocycles. The van der Waals surface area contributed by atoms with E-state index in [1.807, 2.05) is 0 Å². The van der Waals surface area contributed by atoms with Gasteiger partial charge in [-0.2, -0.15) is 0 Å². The summed E-state index contributed by atoms with van der Waals surface area (Å²) in [7, 11) is -3.57. The van der Waals surface area contributed by atoms with E-state index in [9.17, 15) is 8.42 Å². The molecular weight excluding hydrogens is 278 g/mol. The molecule has 0 bridgehead atoms. The smallest absolute Gasteiger partial charge is 0.240 e. The molecule has 20 heavy (non-hydrogen) atoms. The standard InChI is InChI=1S/C13H17N3O3S/c1-11-2-3-12(9-17)8-13(11)20(18,19)15-5-7-16-6-4-14-10-16/h2-4,6,8,10,15,17H,5,7,9H2,1H3. The molecule has 0 saturated heterocycles. The van der Waals surface area contributed by atoms with Crippen molar-refractivity contribution in [2.75, 3.05) is 6.54 Å². The maximum atomic E-state index is 12.2. The van der Waals surface area contributed by atoms with Crippen LogP contribution in [0.15, 0.2) is 41.8 Å². The number of aliphatic hydroxyl groups excluding tert-OH is 1. The summed E-state index contributed by atoms with van der Waals surface area (Å²) in [6, 6.07) is 4.89. The minimum atomic E-state index is -3.57. The molecule has 0 amide bonds. The number of hydrogen-bond acceptors (Lipinski definition) is 4. The Kier molecular flexibility index (Phi) is 4.53. The van der Waals surface area contributed by atoms with E-state index >= 15 is 0 Å². The van der Waals surface area contributed by atoms with Crippen LogP contribution in [0.1, 0.15) is 11.1 Å². The second-order valence-corrected chi connectivity index (χ2v) is 6.19. The Hall–Kier alpha value is -1.70. The van der Waals surface area contributed by atoms with Gasteiger partial charge in [0.2, 0.25) is 10.0 Å². The van der Waals surface area contributed by atoms with E-state index in [-0.39, 0.29) is 18.0 Å². The summed E-state index contributed by atoms with van der Waals surface area (Å²) in [5.74, 6) is 0. The first kappa shape index (κ1) is 14.7. The van der Waals surface area contributed by atoms with Gasteiger partial charge in [0.05, 0.1) is 17.8 Å². The molecule has 2 aromatic rings. The first-order valence-electron chi connectivity index (χ1n) is 6.19. The maximum absolute atomic E-state index is 12.2. The van der Waals surface area contributed by atoms with Crippen LogP contribution in [0.2, 0.25) is 0 Å². The fourth-order valence-corrected chi connectivity index (χ4v) is 3.15. The molecule has 2 N–H and O–H groups in total. The molecule has 108 valence electrons. The molecule has 0 radical (unpaired) electrons. The Bertz CT molecular complexity index is 666. The number of aromatic nitrogens is 2. The van der Waals surface area contributed by atoms with Gasteiger partial charge in [0.1, 0.15) is 0 Å². The second kappa shape index (κ2) is 6.17. The summed E-state index contributed by atoms with van der Waals surface area (Å²) in [5, 5.41) is 9.09. The van der Waals surface area contributed by atoms with Crippen molar-refractivity contribution >= 4 is 10.0 Å². The highest BCUT2D eigenvalue weighted by Gasteiger charge is 2.16. The van der Waals surface area contributed by atoms with Crippen molar-refractivity contribution in [1.82, 2.24) is 14.3 Å². The lowest BCUT2D eigenvalue weighted by Gasteiger charge is -2.10. The van der Waals surface area contributed by atoms with Gasteiger partial charge in [0.15, 0.2) is 0 Å². The van der Waals surface area contributed by atoms with E-state index in [1.165, 1.54) is 6.07 Å². The van der Waals surface area contributed by atoms with Crippen LogP contribution in [-0.2, 0) is 23.2 Å². The highest BCUT2D eigenvalue weighted by molar-refractivity contribution is 7.89. The Balaban J connectivity index is 2.09. The van der Waals surface area contributed by atoms with E-state index in [0.717, 1.165) is 0 Å². The van der Waals surface area contributed by atoms with Gasteiger partial charge in [0.25, 0.3) is 0 Å². The summed E-state index contributed by atoms with van der Waals surface area (Å²) in [6.45, 7) is 2.34. The van der Waals surface area contributed by atoms with E-state index in [2.05, 4.69) is 9.71 Å². The molecule has 0 aliphatic heterocycles. The van der Waals surface area contributed by atoms with E-state index in [0.29, 0.717) is 17.7 Å². The van der Waals surface area contributed by atoms with Gasteiger partial charge >= 0.3 is 0 Å². The summed E-state index contributed by atoms with van der Waals surface area (Å²) in [6.07, 6.45) is 5.04. The van der Waals surface area contributed by atoms with Gasteiger partial charge in [-0.25, -0.2) is 18.1 Å². The monoisotopic (exact) mass is 295 g/mol. The first-order valence-corrected chi connectivity index (χ1v) is 7.67. The summed E-state index contributed by atoms with van der Waals surface area (Å²) >= 11 is 0. The van der Waals surface area contributed by atoms with Gasteiger partial charge in [-0.1, -0.05) is 12.1 Å². The zero-order valence-corrected chi connectivity index (χ0v) is 12.0. The highest BCUT2D eigenvalue weighted by atomic mass is 32.2. The topological polar surface area (TPSA) is 84.2 Å². The minimum Gasteiger partial charge on any atom is -0.392 e. The highest BCUT2D eigenvalue weighted by Crippen LogP contribution is 2.16. The number of aliphatic hydroxyl groups is 1. The normalized spacial score (nSPS) is 11.7. The molecule has 0 atom stereocenters. The summed E-state index contributed by atoms with van der Waals surface area (Å²) < 4.78 is 28.8. The molecule has 6 nitrogen and oxygen atoms in total. The zero-order valence-electron chi connectivity index (χ0n) is 11.2. The molecule has 2 rings (SSSR count). The number of benzene rings is 1. The molecule has 0 saturated carbocycles. The van der Waals surface area contributed by atoms with E-state index < -0.39 is 10.0 Å². The molecule has 0 fully saturated rings. The largest absolute Gasteiger partial charge is 0.392 e. The van der Waals surface area contributed by atoms with Crippen LogP contribution in [-0.4, -0.2) is 29.6 Å². The molecule has 1 heterocycles. The molecule has 0 aliphatic carbocycles. The molecule has 0 spiro atoms. The Morgan fingerprint density at radius 2 is 2.20 bits per heavy atom. The SMILES string of the molecule is Cc1ccc(CO)cc1S(=O)(=O)NCCn1ccnc1. The lowest BCUT2D eigenvalue weighted by atomic mass is 10.2. The Morgan fingerprint density at radius 3 is 2.85 bits per heavy atom. The van der Waals surface area contributed by atoms with Gasteiger partial charge < -0.3 is 9.67 Å². The fourth-order valence-electron chi connectivity index (χ4n) is 1.84.